The molecule has 3 nitrogen and oxygen atoms in total. The topological polar surface area (TPSA) is 48.1 Å². The van der Waals surface area contributed by atoms with Crippen molar-refractivity contribution >= 4 is 12.5 Å². The molecule has 0 bridgehead atoms. The minimum absolute atomic E-state index is 0.0147. The Morgan fingerprint density at radius 1 is 1.43 bits per heavy atom. The van der Waals surface area contributed by atoms with Gasteiger partial charge in [-0.2, -0.15) is 0 Å². The minimum atomic E-state index is -1.04. The van der Waals surface area contributed by atoms with Crippen molar-refractivity contribution in [2.75, 3.05) is 0 Å². The fourth-order valence-corrected chi connectivity index (χ4v) is 1.07. The molecule has 1 heterocycles. The predicted octanol–water partition coefficient (Wildman–Crippen LogP) is 0.934. The van der Waals surface area contributed by atoms with Gasteiger partial charge in [0.1, 0.15) is 0 Å². The predicted molar refractivity (Wildman–Crippen MR) is 54.7 cm³/mol. The normalized spacial score (nSPS) is 11.5. The van der Waals surface area contributed by atoms with E-state index in [1.807, 2.05) is 6.07 Å². The average molecular weight is 196 g/mol. The molecule has 1 aromatic rings. The van der Waals surface area contributed by atoms with Crippen LogP contribution in [0.5, 0.6) is 0 Å². The highest BCUT2D eigenvalue weighted by Crippen LogP contribution is 2.18. The molecule has 0 amide bonds. The van der Waals surface area contributed by atoms with E-state index in [1.54, 1.807) is 6.07 Å². The molecule has 5 heteroatoms. The summed E-state index contributed by atoms with van der Waals surface area (Å²) in [4.78, 5) is 7.69. The van der Waals surface area contributed by atoms with Crippen LogP contribution in [-0.4, -0.2) is 12.0 Å². The molecule has 0 aliphatic heterocycles. The van der Waals surface area contributed by atoms with Gasteiger partial charge in [-0.15, -0.1) is 0 Å². The Balaban J connectivity index is 2.89. The molecular weight excluding hydrogens is 182 g/mol. The molecule has 0 spiro atoms. The first-order valence-corrected chi connectivity index (χ1v) is 4.44. The molecule has 0 aliphatic carbocycles. The summed E-state index contributed by atoms with van der Waals surface area (Å²) >= 11 is 0. The molecule has 0 aliphatic rings. The molecule has 0 unspecified atom stereocenters. The van der Waals surface area contributed by atoms with Crippen molar-refractivity contribution in [1.29, 1.82) is 0 Å². The number of hydrogen-bond donors (Lipinski definition) is 1. The van der Waals surface area contributed by atoms with Gasteiger partial charge < -0.3 is 5.64 Å². The molecule has 0 atom stereocenters. The number of hydrogen-bond acceptors (Lipinski definition) is 3. The van der Waals surface area contributed by atoms with Gasteiger partial charge in [-0.3, -0.25) is 4.98 Å². The zero-order chi connectivity index (χ0) is 10.8. The Hall–Kier alpha value is -0.935. The summed E-state index contributed by atoms with van der Waals surface area (Å²) in [7, 11) is -1.04. The zero-order valence-corrected chi connectivity index (χ0v) is 8.62. The van der Waals surface area contributed by atoms with Gasteiger partial charge in [-0.05, 0) is 11.5 Å². The molecule has 1 aromatic heterocycles. The summed E-state index contributed by atoms with van der Waals surface area (Å²) in [5.74, 6) is 0. The van der Waals surface area contributed by atoms with E-state index in [9.17, 15) is 4.53 Å². The molecule has 0 fully saturated rings. The largest absolute Gasteiger partial charge is 0.459 e. The molecule has 0 saturated carbocycles. The van der Waals surface area contributed by atoms with Crippen LogP contribution in [0.4, 0.5) is 4.53 Å². The van der Waals surface area contributed by atoms with E-state index in [0.29, 0.717) is 5.46 Å². The number of pyridine rings is 1. The van der Waals surface area contributed by atoms with Crippen molar-refractivity contribution in [2.45, 2.75) is 26.2 Å². The second-order valence-corrected chi connectivity index (χ2v) is 4.24. The van der Waals surface area contributed by atoms with Crippen LogP contribution in [-0.2, 0) is 10.3 Å². The summed E-state index contributed by atoms with van der Waals surface area (Å²) in [6.45, 7) is 6.17. The van der Waals surface area contributed by atoms with Gasteiger partial charge in [0.05, 0.1) is 0 Å². The molecule has 1 rings (SSSR count). The van der Waals surface area contributed by atoms with Gasteiger partial charge in [0.25, 0.3) is 0 Å². The van der Waals surface area contributed by atoms with Crippen molar-refractivity contribution in [3.05, 3.63) is 24.0 Å². The smallest absolute Gasteiger partial charge is 0.338 e. The van der Waals surface area contributed by atoms with Gasteiger partial charge in [0.2, 0.25) is 0 Å². The number of aromatic nitrogens is 1. The van der Waals surface area contributed by atoms with Crippen LogP contribution in [0.25, 0.3) is 0 Å². The van der Waals surface area contributed by atoms with Crippen LogP contribution in [0.15, 0.2) is 18.3 Å². The third kappa shape index (κ3) is 2.53. The lowest BCUT2D eigenvalue weighted by atomic mass is 9.76. The monoisotopic (exact) mass is 196 g/mol. The van der Waals surface area contributed by atoms with E-state index in [2.05, 4.69) is 30.6 Å². The molecule has 0 aromatic carbocycles. The Labute approximate surface area is 83.5 Å². The third-order valence-corrected chi connectivity index (χ3v) is 1.98. The third-order valence-electron chi connectivity index (χ3n) is 1.98. The first-order chi connectivity index (χ1) is 6.45. The highest BCUT2D eigenvalue weighted by atomic mass is 19.3. The SMILES string of the molecule is CC(C)(C)c1ccc(B(N)OF)cn1. The number of nitrogens with two attached hydrogens (primary N) is 1. The van der Waals surface area contributed by atoms with Crippen molar-refractivity contribution in [1.82, 2.24) is 4.98 Å². The lowest BCUT2D eigenvalue weighted by molar-refractivity contribution is -0.00848. The number of rotatable bonds is 2. The first-order valence-electron chi connectivity index (χ1n) is 4.44. The van der Waals surface area contributed by atoms with Crippen molar-refractivity contribution in [2.24, 2.45) is 5.64 Å². The molecule has 2 N–H and O–H groups in total. The Morgan fingerprint density at radius 2 is 2.07 bits per heavy atom. The fourth-order valence-electron chi connectivity index (χ4n) is 1.07. The van der Waals surface area contributed by atoms with Gasteiger partial charge in [0.15, 0.2) is 0 Å². The maximum atomic E-state index is 11.8. The maximum absolute atomic E-state index is 11.8. The van der Waals surface area contributed by atoms with Crippen molar-refractivity contribution < 1.29 is 9.39 Å². The van der Waals surface area contributed by atoms with Gasteiger partial charge in [-0.25, -0.2) is 4.86 Å². The molecule has 14 heavy (non-hydrogen) atoms. The molecule has 0 saturated heterocycles. The van der Waals surface area contributed by atoms with Crippen LogP contribution < -0.4 is 11.1 Å². The fraction of sp³-hybridized carbons (Fsp3) is 0.444. The summed E-state index contributed by atoms with van der Waals surface area (Å²) in [6.07, 6.45) is 1.53. The summed E-state index contributed by atoms with van der Waals surface area (Å²) < 4.78 is 11.8. The van der Waals surface area contributed by atoms with Gasteiger partial charge in [0, 0.05) is 17.3 Å². The van der Waals surface area contributed by atoms with E-state index in [0.717, 1.165) is 5.69 Å². The quantitative estimate of drug-likeness (QED) is 0.715. The zero-order valence-electron chi connectivity index (χ0n) is 8.62. The van der Waals surface area contributed by atoms with Crippen LogP contribution in [0.1, 0.15) is 26.5 Å². The summed E-state index contributed by atoms with van der Waals surface area (Å²) in [5, 5.41) is 0. The van der Waals surface area contributed by atoms with E-state index >= 15 is 0 Å². The van der Waals surface area contributed by atoms with Crippen molar-refractivity contribution in [3.63, 3.8) is 0 Å². The summed E-state index contributed by atoms with van der Waals surface area (Å²) in [5.41, 5.74) is 6.77. The second kappa shape index (κ2) is 4.06. The van der Waals surface area contributed by atoms with E-state index in [1.165, 1.54) is 6.20 Å². The minimum Gasteiger partial charge on any atom is -0.338 e. The average Bonchev–Trinajstić information content (AvgIpc) is 2.15. The van der Waals surface area contributed by atoms with Gasteiger partial charge in [-0.1, -0.05) is 31.4 Å². The second-order valence-electron chi connectivity index (χ2n) is 4.24. The number of nitrogens with zero attached hydrogens (tertiary/aromatic N) is 1. The lowest BCUT2D eigenvalue weighted by Crippen LogP contribution is -2.41. The number of halogens is 1. The molecular formula is C9H14BFN2O. The highest BCUT2D eigenvalue weighted by Gasteiger charge is 2.18. The van der Waals surface area contributed by atoms with E-state index in [4.69, 9.17) is 5.64 Å². The first kappa shape index (κ1) is 11.1. The Morgan fingerprint density at radius 3 is 2.43 bits per heavy atom. The van der Waals surface area contributed by atoms with Crippen molar-refractivity contribution in [3.8, 4) is 0 Å². The van der Waals surface area contributed by atoms with E-state index < -0.39 is 7.05 Å². The lowest BCUT2D eigenvalue weighted by Gasteiger charge is -2.17. The molecule has 0 radical (unpaired) electrons. The van der Waals surface area contributed by atoms with Crippen LogP contribution >= 0.6 is 0 Å². The van der Waals surface area contributed by atoms with E-state index in [-0.39, 0.29) is 5.41 Å². The summed E-state index contributed by atoms with van der Waals surface area (Å²) in [6, 6.07) is 3.55. The van der Waals surface area contributed by atoms with Crippen LogP contribution in [0, 0.1) is 0 Å². The molecule has 76 valence electrons. The van der Waals surface area contributed by atoms with Crippen LogP contribution in [0.3, 0.4) is 0 Å². The van der Waals surface area contributed by atoms with Gasteiger partial charge >= 0.3 is 7.05 Å². The Bertz CT molecular complexity index is 297. The highest BCUT2D eigenvalue weighted by molar-refractivity contribution is 6.63. The Kier molecular flexibility index (Phi) is 3.23. The van der Waals surface area contributed by atoms with Crippen LogP contribution in [0.2, 0.25) is 0 Å². The maximum Gasteiger partial charge on any atom is 0.459 e. The standard InChI is InChI=1S/C9H14BFN2O/c1-9(2,3)8-5-4-7(6-13-8)10(12)14-11/h4-6H,12H2,1-3H3.